The Labute approximate surface area is 115 Å². The quantitative estimate of drug-likeness (QED) is 0.854. The smallest absolute Gasteiger partial charge is 0.0428 e. The van der Waals surface area contributed by atoms with Crippen molar-refractivity contribution in [3.05, 3.63) is 29.8 Å². The fraction of sp³-hybridized carbons (Fsp3) is 0.625. The Balaban J connectivity index is 1.65. The molecule has 1 fully saturated rings. The van der Waals surface area contributed by atoms with Crippen LogP contribution in [0.1, 0.15) is 44.7 Å². The van der Waals surface area contributed by atoms with Gasteiger partial charge in [0.2, 0.25) is 0 Å². The van der Waals surface area contributed by atoms with Gasteiger partial charge in [0.15, 0.2) is 0 Å². The minimum absolute atomic E-state index is 0.580. The van der Waals surface area contributed by atoms with E-state index < -0.39 is 0 Å². The zero-order valence-electron chi connectivity index (χ0n) is 11.4. The average molecular weight is 261 g/mol. The van der Waals surface area contributed by atoms with Crippen LogP contribution in [-0.4, -0.2) is 11.8 Å². The highest BCUT2D eigenvalue weighted by Crippen LogP contribution is 2.39. The molecule has 0 amide bonds. The third-order valence-electron chi connectivity index (χ3n) is 4.73. The lowest BCUT2D eigenvalue weighted by atomic mass is 9.79. The molecule has 1 aliphatic heterocycles. The predicted octanol–water partition coefficient (Wildman–Crippen LogP) is 4.25. The Bertz CT molecular complexity index is 417. The molecule has 1 aromatic carbocycles. The van der Waals surface area contributed by atoms with Gasteiger partial charge < -0.3 is 5.32 Å². The normalized spacial score (nSPS) is 35.4. The van der Waals surface area contributed by atoms with Crippen LogP contribution in [0.5, 0.6) is 0 Å². The van der Waals surface area contributed by atoms with Gasteiger partial charge in [-0.15, -0.1) is 11.8 Å². The minimum Gasteiger partial charge on any atom is -0.306 e. The molecule has 1 heterocycles. The molecule has 0 saturated heterocycles. The van der Waals surface area contributed by atoms with Gasteiger partial charge in [-0.1, -0.05) is 32.0 Å². The molecule has 1 nitrogen and oxygen atoms in total. The summed E-state index contributed by atoms with van der Waals surface area (Å²) < 4.78 is 0. The summed E-state index contributed by atoms with van der Waals surface area (Å²) in [6.45, 7) is 4.82. The number of nitrogens with one attached hydrogen (secondary N) is 1. The highest BCUT2D eigenvalue weighted by Gasteiger charge is 2.29. The van der Waals surface area contributed by atoms with Crippen LogP contribution in [0.4, 0.5) is 0 Å². The van der Waals surface area contributed by atoms with Gasteiger partial charge in [-0.25, -0.2) is 0 Å². The monoisotopic (exact) mass is 261 g/mol. The van der Waals surface area contributed by atoms with E-state index in [0.29, 0.717) is 6.04 Å². The number of rotatable bonds is 2. The summed E-state index contributed by atoms with van der Waals surface area (Å²) >= 11 is 2.00. The van der Waals surface area contributed by atoms with E-state index in [4.69, 9.17) is 0 Å². The Morgan fingerprint density at radius 2 is 1.94 bits per heavy atom. The molecule has 18 heavy (non-hydrogen) atoms. The fourth-order valence-electron chi connectivity index (χ4n) is 3.28. The largest absolute Gasteiger partial charge is 0.306 e. The van der Waals surface area contributed by atoms with E-state index >= 15 is 0 Å². The van der Waals surface area contributed by atoms with Crippen LogP contribution < -0.4 is 5.32 Å². The lowest BCUT2D eigenvalue weighted by molar-refractivity contribution is 0.218. The second-order valence-corrected chi connectivity index (χ2v) is 7.09. The summed E-state index contributed by atoms with van der Waals surface area (Å²) in [5.74, 6) is 2.99. The van der Waals surface area contributed by atoms with Gasteiger partial charge in [0.05, 0.1) is 0 Å². The first kappa shape index (κ1) is 12.6. The highest BCUT2D eigenvalue weighted by molar-refractivity contribution is 7.99. The number of hydrogen-bond donors (Lipinski definition) is 1. The molecule has 2 heteroatoms. The van der Waals surface area contributed by atoms with Crippen LogP contribution in [0.3, 0.4) is 0 Å². The molecule has 1 N–H and O–H groups in total. The van der Waals surface area contributed by atoms with Crippen molar-refractivity contribution in [1.82, 2.24) is 5.32 Å². The van der Waals surface area contributed by atoms with Crippen LogP contribution >= 0.6 is 11.8 Å². The van der Waals surface area contributed by atoms with Gasteiger partial charge in [0, 0.05) is 22.7 Å². The zero-order chi connectivity index (χ0) is 12.5. The maximum atomic E-state index is 3.90. The molecular weight excluding hydrogens is 238 g/mol. The molecule has 1 aliphatic carbocycles. The second kappa shape index (κ2) is 5.26. The average Bonchev–Trinajstić information content (AvgIpc) is 2.78. The van der Waals surface area contributed by atoms with E-state index in [2.05, 4.69) is 43.4 Å². The highest BCUT2D eigenvalue weighted by atomic mass is 32.2. The molecule has 0 radical (unpaired) electrons. The molecule has 1 aromatic rings. The summed E-state index contributed by atoms with van der Waals surface area (Å²) in [4.78, 5) is 1.48. The van der Waals surface area contributed by atoms with Crippen molar-refractivity contribution < 1.29 is 0 Å². The zero-order valence-corrected chi connectivity index (χ0v) is 12.2. The molecule has 0 spiro atoms. The van der Waals surface area contributed by atoms with E-state index in [9.17, 15) is 0 Å². The van der Waals surface area contributed by atoms with Crippen molar-refractivity contribution >= 4 is 11.8 Å². The van der Waals surface area contributed by atoms with E-state index in [1.807, 2.05) is 11.8 Å². The predicted molar refractivity (Wildman–Crippen MR) is 79.0 cm³/mol. The van der Waals surface area contributed by atoms with E-state index in [0.717, 1.165) is 17.9 Å². The lowest BCUT2D eigenvalue weighted by Crippen LogP contribution is -2.38. The molecule has 4 unspecified atom stereocenters. The van der Waals surface area contributed by atoms with Crippen molar-refractivity contribution in [3.8, 4) is 0 Å². The number of thioether (sulfide) groups is 1. The standard InChI is InChI=1S/C16H23NS/c1-11-7-8-13(9-12(11)2)17-15-10-18-16-6-4-3-5-14(15)16/h3-6,11-13,15,17H,7-10H2,1-2H3. The summed E-state index contributed by atoms with van der Waals surface area (Å²) in [6.07, 6.45) is 4.10. The maximum absolute atomic E-state index is 3.90. The van der Waals surface area contributed by atoms with Crippen LogP contribution in [0.2, 0.25) is 0 Å². The van der Waals surface area contributed by atoms with Crippen LogP contribution in [0, 0.1) is 11.8 Å². The van der Waals surface area contributed by atoms with Crippen molar-refractivity contribution in [3.63, 3.8) is 0 Å². The van der Waals surface area contributed by atoms with Crippen molar-refractivity contribution in [2.24, 2.45) is 11.8 Å². The van der Waals surface area contributed by atoms with E-state index in [1.54, 1.807) is 0 Å². The molecule has 0 aromatic heterocycles. The molecule has 4 atom stereocenters. The van der Waals surface area contributed by atoms with Gasteiger partial charge in [0.1, 0.15) is 0 Å². The number of benzene rings is 1. The molecule has 98 valence electrons. The molecule has 3 rings (SSSR count). The van der Waals surface area contributed by atoms with Gasteiger partial charge in [-0.05, 0) is 42.7 Å². The fourth-order valence-corrected chi connectivity index (χ4v) is 4.46. The van der Waals surface area contributed by atoms with Gasteiger partial charge >= 0.3 is 0 Å². The third-order valence-corrected chi connectivity index (χ3v) is 5.92. The Morgan fingerprint density at radius 1 is 1.11 bits per heavy atom. The molecule has 1 saturated carbocycles. The lowest BCUT2D eigenvalue weighted by Gasteiger charge is -2.34. The van der Waals surface area contributed by atoms with Gasteiger partial charge in [-0.3, -0.25) is 0 Å². The van der Waals surface area contributed by atoms with Crippen LogP contribution in [0.15, 0.2) is 29.2 Å². The Morgan fingerprint density at radius 3 is 2.78 bits per heavy atom. The minimum atomic E-state index is 0.580. The van der Waals surface area contributed by atoms with Gasteiger partial charge in [-0.2, -0.15) is 0 Å². The summed E-state index contributed by atoms with van der Waals surface area (Å²) in [6, 6.07) is 10.2. The second-order valence-electron chi connectivity index (χ2n) is 6.03. The first-order valence-corrected chi connectivity index (χ1v) is 8.20. The topological polar surface area (TPSA) is 12.0 Å². The van der Waals surface area contributed by atoms with E-state index in [-0.39, 0.29) is 0 Å². The number of hydrogen-bond acceptors (Lipinski definition) is 2. The SMILES string of the molecule is CC1CCC(NC2CSc3ccccc32)CC1C. The summed E-state index contributed by atoms with van der Waals surface area (Å²) in [5, 5.41) is 3.90. The van der Waals surface area contributed by atoms with Gasteiger partial charge in [0.25, 0.3) is 0 Å². The van der Waals surface area contributed by atoms with Crippen molar-refractivity contribution in [1.29, 1.82) is 0 Å². The maximum Gasteiger partial charge on any atom is 0.0428 e. The molecular formula is C16H23NS. The van der Waals surface area contributed by atoms with Crippen LogP contribution in [-0.2, 0) is 0 Å². The molecule has 2 aliphatic rings. The third kappa shape index (κ3) is 2.46. The van der Waals surface area contributed by atoms with Crippen LogP contribution in [0.25, 0.3) is 0 Å². The summed E-state index contributed by atoms with van der Waals surface area (Å²) in [7, 11) is 0. The Hall–Kier alpha value is -0.470. The number of fused-ring (bicyclic) bond motifs is 1. The van der Waals surface area contributed by atoms with Crippen molar-refractivity contribution in [2.75, 3.05) is 5.75 Å². The summed E-state index contributed by atoms with van der Waals surface area (Å²) in [5.41, 5.74) is 1.52. The Kier molecular flexibility index (Phi) is 3.67. The van der Waals surface area contributed by atoms with E-state index in [1.165, 1.54) is 35.5 Å². The first-order valence-electron chi connectivity index (χ1n) is 7.22. The van der Waals surface area contributed by atoms with Crippen molar-refractivity contribution in [2.45, 2.75) is 50.1 Å². The molecule has 0 bridgehead atoms. The first-order chi connectivity index (χ1) is 8.74.